The highest BCUT2D eigenvalue weighted by atomic mass is 31.2. The number of hydrogen-bond acceptors (Lipinski definition) is 6. The molecule has 0 aromatic heterocycles. The van der Waals surface area contributed by atoms with Crippen LogP contribution in [0.5, 0.6) is 0 Å². The van der Waals surface area contributed by atoms with Gasteiger partial charge in [0.2, 0.25) is 0 Å². The summed E-state index contributed by atoms with van der Waals surface area (Å²) >= 11 is 0. The van der Waals surface area contributed by atoms with Crippen LogP contribution >= 0.6 is 7.37 Å². The maximum Gasteiger partial charge on any atom is 0.375 e. The molecule has 0 aliphatic carbocycles. The second-order valence-corrected chi connectivity index (χ2v) is 9.77. The van der Waals surface area contributed by atoms with Gasteiger partial charge >= 0.3 is 11.9 Å². The summed E-state index contributed by atoms with van der Waals surface area (Å²) < 4.78 is 21.9. The number of carbonyl (C=O) groups is 3. The van der Waals surface area contributed by atoms with Gasteiger partial charge in [-0.1, -0.05) is 59.7 Å². The molecule has 0 fully saturated rings. The predicted molar refractivity (Wildman–Crippen MR) is 111 cm³/mol. The molecule has 0 saturated carbocycles. The average Bonchev–Trinajstić information content (AvgIpc) is 2.69. The fourth-order valence-electron chi connectivity index (χ4n) is 2.59. The van der Waals surface area contributed by atoms with Crippen molar-refractivity contribution >= 4 is 25.1 Å². The third kappa shape index (κ3) is 7.58. The molecule has 0 radical (unpaired) electrons. The number of benzene rings is 2. The fourth-order valence-corrected chi connectivity index (χ4v) is 3.58. The third-order valence-electron chi connectivity index (χ3n) is 4.32. The van der Waals surface area contributed by atoms with E-state index in [2.05, 4.69) is 0 Å². The number of carbonyl (C=O) groups excluding carboxylic acids is 3. The number of rotatable bonds is 9. The van der Waals surface area contributed by atoms with Gasteiger partial charge in [-0.15, -0.1) is 0 Å². The number of ether oxygens (including phenoxy) is 2. The van der Waals surface area contributed by atoms with Crippen LogP contribution in [0.4, 0.5) is 0 Å². The summed E-state index contributed by atoms with van der Waals surface area (Å²) in [6.07, 6.45) is -0.696. The summed E-state index contributed by atoms with van der Waals surface area (Å²) in [6.45, 7) is 4.55. The van der Waals surface area contributed by atoms with Gasteiger partial charge in [0.25, 0.3) is 5.78 Å². The first-order chi connectivity index (χ1) is 14.0. The summed E-state index contributed by atoms with van der Waals surface area (Å²) in [5, 5.41) is 0. The van der Waals surface area contributed by atoms with Crippen molar-refractivity contribution in [1.29, 1.82) is 0 Å². The zero-order chi connectivity index (χ0) is 22.3. The Kier molecular flexibility index (Phi) is 8.09. The van der Waals surface area contributed by atoms with Crippen molar-refractivity contribution in [1.82, 2.24) is 0 Å². The second kappa shape index (κ2) is 10.3. The van der Waals surface area contributed by atoms with Gasteiger partial charge < -0.3 is 14.4 Å². The lowest BCUT2D eigenvalue weighted by Crippen LogP contribution is -2.35. The molecule has 0 bridgehead atoms. The van der Waals surface area contributed by atoms with Gasteiger partial charge in [0, 0.05) is 12.8 Å². The Bertz CT molecular complexity index is 942. The first kappa shape index (κ1) is 23.5. The van der Waals surface area contributed by atoms with Gasteiger partial charge in [-0.3, -0.25) is 14.2 Å². The lowest BCUT2D eigenvalue weighted by molar-refractivity contribution is -0.162. The van der Waals surface area contributed by atoms with E-state index in [-0.39, 0.29) is 13.2 Å². The summed E-state index contributed by atoms with van der Waals surface area (Å²) in [5.41, 5.74) is 3.41. The first-order valence-electron chi connectivity index (χ1n) is 9.33. The van der Waals surface area contributed by atoms with Crippen LogP contribution in [0.3, 0.4) is 0 Å². The summed E-state index contributed by atoms with van der Waals surface area (Å²) in [6, 6.07) is 14.3. The Morgan fingerprint density at radius 3 is 1.73 bits per heavy atom. The minimum absolute atomic E-state index is 0.124. The highest BCUT2D eigenvalue weighted by molar-refractivity contribution is 7.57. The van der Waals surface area contributed by atoms with E-state index in [9.17, 15) is 23.8 Å². The van der Waals surface area contributed by atoms with Gasteiger partial charge in [-0.05, 0) is 25.0 Å². The molecule has 0 heterocycles. The molecule has 2 aromatic rings. The molecule has 0 aliphatic rings. The molecule has 2 unspecified atom stereocenters. The van der Waals surface area contributed by atoms with E-state index in [0.29, 0.717) is 11.1 Å². The number of ketones is 1. The Hall–Kier alpha value is -2.76. The van der Waals surface area contributed by atoms with Crippen molar-refractivity contribution in [2.75, 3.05) is 12.8 Å². The maximum atomic E-state index is 12.5. The van der Waals surface area contributed by atoms with Crippen LogP contribution in [0.25, 0.3) is 0 Å². The van der Waals surface area contributed by atoms with Crippen molar-refractivity contribution in [3.63, 3.8) is 0 Å². The number of Topliss-reactive ketones (excluding diaryl/α,β-unsaturated/α-hetero) is 1. The zero-order valence-electron chi connectivity index (χ0n) is 17.2. The highest BCUT2D eigenvalue weighted by Crippen LogP contribution is 2.38. The van der Waals surface area contributed by atoms with Crippen LogP contribution in [-0.4, -0.2) is 35.4 Å². The molecule has 7 nitrogen and oxygen atoms in total. The standard InChI is InChI=1S/C22H25O7P/c1-15-4-8-17(9-5-15)12-28-21(24)19(14-30(3,26)27)20(23)22(25)29-13-18-10-6-16(2)7-11-18/h4-11,19H,12-14H2,1-3H3,(H,26,27). The third-order valence-corrected chi connectivity index (χ3v) is 5.36. The minimum atomic E-state index is -3.78. The zero-order valence-corrected chi connectivity index (χ0v) is 18.1. The van der Waals surface area contributed by atoms with E-state index in [1.54, 1.807) is 24.3 Å². The molecule has 0 aliphatic heterocycles. The maximum absolute atomic E-state index is 12.5. The van der Waals surface area contributed by atoms with E-state index >= 15 is 0 Å². The monoisotopic (exact) mass is 432 g/mol. The van der Waals surface area contributed by atoms with Crippen molar-refractivity contribution in [2.24, 2.45) is 5.92 Å². The number of hydrogen-bond donors (Lipinski definition) is 1. The van der Waals surface area contributed by atoms with Gasteiger partial charge in [-0.25, -0.2) is 4.79 Å². The summed E-state index contributed by atoms with van der Waals surface area (Å²) in [5.74, 6) is -5.20. The second-order valence-electron chi connectivity index (χ2n) is 7.31. The minimum Gasteiger partial charge on any atom is -0.460 e. The molecule has 30 heavy (non-hydrogen) atoms. The smallest absolute Gasteiger partial charge is 0.375 e. The normalized spacial score (nSPS) is 13.7. The van der Waals surface area contributed by atoms with Crippen molar-refractivity contribution in [2.45, 2.75) is 27.1 Å². The Morgan fingerprint density at radius 2 is 1.30 bits per heavy atom. The van der Waals surface area contributed by atoms with Gasteiger partial charge in [0.1, 0.15) is 19.1 Å². The predicted octanol–water partition coefficient (Wildman–Crippen LogP) is 3.18. The van der Waals surface area contributed by atoms with Crippen molar-refractivity contribution < 1.29 is 33.3 Å². The Morgan fingerprint density at radius 1 is 0.867 bits per heavy atom. The molecule has 1 N–H and O–H groups in total. The average molecular weight is 432 g/mol. The molecular formula is C22H25O7P. The van der Waals surface area contributed by atoms with E-state index in [1.807, 2.05) is 38.1 Å². The van der Waals surface area contributed by atoms with Gasteiger partial charge in [0.05, 0.1) is 0 Å². The Balaban J connectivity index is 2.03. The summed E-state index contributed by atoms with van der Waals surface area (Å²) in [4.78, 5) is 46.8. The number of aryl methyl sites for hydroxylation is 2. The molecule has 160 valence electrons. The van der Waals surface area contributed by atoms with Crippen LogP contribution in [0.2, 0.25) is 0 Å². The quantitative estimate of drug-likeness (QED) is 0.281. The SMILES string of the molecule is Cc1ccc(COC(=O)C(=O)C(CP(C)(=O)O)C(=O)OCc2ccc(C)cc2)cc1. The highest BCUT2D eigenvalue weighted by Gasteiger charge is 2.38. The van der Waals surface area contributed by atoms with E-state index in [1.165, 1.54) is 0 Å². The van der Waals surface area contributed by atoms with Crippen LogP contribution in [-0.2, 0) is 41.6 Å². The first-order valence-corrected chi connectivity index (χ1v) is 11.6. The van der Waals surface area contributed by atoms with E-state index in [0.717, 1.165) is 17.8 Å². The van der Waals surface area contributed by atoms with E-state index < -0.39 is 37.2 Å². The van der Waals surface area contributed by atoms with Crippen LogP contribution < -0.4 is 0 Å². The Labute approximate surface area is 175 Å². The largest absolute Gasteiger partial charge is 0.460 e. The molecular weight excluding hydrogens is 407 g/mol. The molecule has 2 aromatic carbocycles. The lowest BCUT2D eigenvalue weighted by atomic mass is 10.1. The molecule has 2 atom stereocenters. The van der Waals surface area contributed by atoms with Crippen LogP contribution in [0, 0.1) is 19.8 Å². The molecule has 0 spiro atoms. The summed E-state index contributed by atoms with van der Waals surface area (Å²) in [7, 11) is -3.78. The van der Waals surface area contributed by atoms with Crippen molar-refractivity contribution in [3.05, 3.63) is 70.8 Å². The van der Waals surface area contributed by atoms with Crippen LogP contribution in [0.15, 0.2) is 48.5 Å². The lowest BCUT2D eigenvalue weighted by Gasteiger charge is -2.16. The van der Waals surface area contributed by atoms with Gasteiger partial charge in [-0.2, -0.15) is 0 Å². The molecule has 8 heteroatoms. The van der Waals surface area contributed by atoms with Gasteiger partial charge in [0.15, 0.2) is 7.37 Å². The molecule has 0 saturated heterocycles. The molecule has 0 amide bonds. The topological polar surface area (TPSA) is 107 Å². The van der Waals surface area contributed by atoms with E-state index in [4.69, 9.17) is 9.47 Å². The van der Waals surface area contributed by atoms with Crippen molar-refractivity contribution in [3.8, 4) is 0 Å². The number of esters is 2. The van der Waals surface area contributed by atoms with Crippen LogP contribution in [0.1, 0.15) is 22.3 Å². The fraction of sp³-hybridized carbons (Fsp3) is 0.318. The molecule has 2 rings (SSSR count).